The first-order chi connectivity index (χ1) is 11.9. The molecule has 2 amide bonds. The lowest BCUT2D eigenvalue weighted by Crippen LogP contribution is -2.22. The first-order valence-corrected chi connectivity index (χ1v) is 7.99. The molecule has 0 fully saturated rings. The van der Waals surface area contributed by atoms with Crippen LogP contribution in [0.2, 0.25) is 5.02 Å². The third-order valence-corrected chi connectivity index (χ3v) is 3.92. The molecule has 6 nitrogen and oxygen atoms in total. The quantitative estimate of drug-likeness (QED) is 0.434. The summed E-state index contributed by atoms with van der Waals surface area (Å²) in [7, 11) is 0. The van der Waals surface area contributed by atoms with Crippen molar-refractivity contribution >= 4 is 40.5 Å². The molecule has 0 saturated heterocycles. The predicted octanol–water partition coefficient (Wildman–Crippen LogP) is 3.37. The summed E-state index contributed by atoms with van der Waals surface area (Å²) in [6.07, 6.45) is 0.0382. The molecular formula is C18H19ClN4O2. The lowest BCUT2D eigenvalue weighted by Gasteiger charge is -2.09. The van der Waals surface area contributed by atoms with Gasteiger partial charge in [-0.15, -0.1) is 0 Å². The molecule has 0 aromatic heterocycles. The summed E-state index contributed by atoms with van der Waals surface area (Å²) in [5.41, 5.74) is 10.7. The van der Waals surface area contributed by atoms with Gasteiger partial charge in [-0.1, -0.05) is 29.8 Å². The molecule has 0 unspecified atom stereocenters. The second kappa shape index (κ2) is 8.30. The average Bonchev–Trinajstić information content (AvgIpc) is 2.57. The summed E-state index contributed by atoms with van der Waals surface area (Å²) in [5.74, 6) is -0.677. The molecule has 0 heterocycles. The Hall–Kier alpha value is -2.86. The van der Waals surface area contributed by atoms with Gasteiger partial charge < -0.3 is 11.1 Å². The van der Waals surface area contributed by atoms with Gasteiger partial charge in [-0.3, -0.25) is 9.59 Å². The largest absolute Gasteiger partial charge is 0.398 e. The number of carbonyl (C=O) groups excluding carboxylic acids is 2. The van der Waals surface area contributed by atoms with Crippen LogP contribution in [-0.4, -0.2) is 17.5 Å². The molecule has 2 aromatic rings. The van der Waals surface area contributed by atoms with Crippen molar-refractivity contribution < 1.29 is 9.59 Å². The number of hydrogen-bond donors (Lipinski definition) is 3. The Bertz CT molecular complexity index is 834. The Morgan fingerprint density at radius 1 is 1.16 bits per heavy atom. The van der Waals surface area contributed by atoms with Crippen LogP contribution in [0.5, 0.6) is 0 Å². The molecule has 0 aliphatic heterocycles. The van der Waals surface area contributed by atoms with Crippen molar-refractivity contribution in [3.63, 3.8) is 0 Å². The molecule has 0 bridgehead atoms. The number of carbonyl (C=O) groups is 2. The van der Waals surface area contributed by atoms with E-state index >= 15 is 0 Å². The zero-order valence-electron chi connectivity index (χ0n) is 14.0. The van der Waals surface area contributed by atoms with Crippen molar-refractivity contribution in [1.82, 2.24) is 5.43 Å². The van der Waals surface area contributed by atoms with Gasteiger partial charge in [0.05, 0.1) is 12.0 Å². The maximum absolute atomic E-state index is 12.1. The van der Waals surface area contributed by atoms with E-state index in [1.165, 1.54) is 0 Å². The van der Waals surface area contributed by atoms with Crippen molar-refractivity contribution in [3.8, 4) is 0 Å². The minimum atomic E-state index is -0.427. The second-order valence-electron chi connectivity index (χ2n) is 5.51. The number of nitrogen functional groups attached to an aromatic ring is 1. The Balaban J connectivity index is 1.94. The number of hydrazone groups is 1. The van der Waals surface area contributed by atoms with Crippen molar-refractivity contribution in [2.75, 3.05) is 11.1 Å². The number of para-hydroxylation sites is 1. The van der Waals surface area contributed by atoms with Crippen molar-refractivity contribution in [2.45, 2.75) is 20.3 Å². The lowest BCUT2D eigenvalue weighted by atomic mass is 10.2. The van der Waals surface area contributed by atoms with Crippen LogP contribution in [0.1, 0.15) is 29.3 Å². The normalized spacial score (nSPS) is 11.1. The summed E-state index contributed by atoms with van der Waals surface area (Å²) in [6.45, 7) is 3.47. The van der Waals surface area contributed by atoms with Gasteiger partial charge in [0.15, 0.2) is 0 Å². The molecule has 130 valence electrons. The molecule has 0 aliphatic carbocycles. The number of hydrogen-bond acceptors (Lipinski definition) is 4. The van der Waals surface area contributed by atoms with E-state index < -0.39 is 5.91 Å². The number of rotatable bonds is 5. The minimum Gasteiger partial charge on any atom is -0.398 e. The van der Waals surface area contributed by atoms with Crippen LogP contribution in [0.15, 0.2) is 47.6 Å². The van der Waals surface area contributed by atoms with Crippen LogP contribution in [0.25, 0.3) is 0 Å². The van der Waals surface area contributed by atoms with Crippen molar-refractivity contribution in [2.24, 2.45) is 5.10 Å². The summed E-state index contributed by atoms with van der Waals surface area (Å²) >= 11 is 6.03. The van der Waals surface area contributed by atoms with Gasteiger partial charge >= 0.3 is 0 Å². The lowest BCUT2D eigenvalue weighted by molar-refractivity contribution is -0.115. The zero-order valence-corrected chi connectivity index (χ0v) is 14.7. The van der Waals surface area contributed by atoms with Crippen LogP contribution < -0.4 is 16.5 Å². The number of nitrogens with one attached hydrogen (secondary N) is 2. The SMILES string of the molecule is C/C(CC(=O)Nc1cccc(Cl)c1C)=N\NC(=O)c1ccccc1N. The second-order valence-corrected chi connectivity index (χ2v) is 5.92. The third kappa shape index (κ3) is 5.06. The fourth-order valence-electron chi connectivity index (χ4n) is 2.12. The first-order valence-electron chi connectivity index (χ1n) is 7.61. The highest BCUT2D eigenvalue weighted by Gasteiger charge is 2.10. The van der Waals surface area contributed by atoms with Crippen molar-refractivity contribution in [3.05, 3.63) is 58.6 Å². The number of nitrogens with zero attached hydrogens (tertiary/aromatic N) is 1. The number of halogens is 1. The van der Waals surface area contributed by atoms with Gasteiger partial charge in [0.2, 0.25) is 5.91 Å². The maximum Gasteiger partial charge on any atom is 0.273 e. The molecule has 7 heteroatoms. The molecule has 2 aromatic carbocycles. The van der Waals surface area contributed by atoms with Crippen LogP contribution in [0, 0.1) is 6.92 Å². The zero-order chi connectivity index (χ0) is 18.4. The molecule has 0 atom stereocenters. The highest BCUT2D eigenvalue weighted by molar-refractivity contribution is 6.31. The molecule has 0 aliphatic rings. The number of nitrogens with two attached hydrogens (primary N) is 1. The highest BCUT2D eigenvalue weighted by atomic mass is 35.5. The molecule has 25 heavy (non-hydrogen) atoms. The van der Waals surface area contributed by atoms with Crippen LogP contribution >= 0.6 is 11.6 Å². The van der Waals surface area contributed by atoms with Gasteiger partial charge in [-0.2, -0.15) is 5.10 Å². The van der Waals surface area contributed by atoms with E-state index in [1.54, 1.807) is 49.4 Å². The molecule has 4 N–H and O–H groups in total. The summed E-state index contributed by atoms with van der Waals surface area (Å²) in [5, 5.41) is 7.29. The Morgan fingerprint density at radius 3 is 2.60 bits per heavy atom. The topological polar surface area (TPSA) is 96.6 Å². The van der Waals surface area contributed by atoms with Crippen LogP contribution in [-0.2, 0) is 4.79 Å². The van der Waals surface area contributed by atoms with Gasteiger partial charge in [0.25, 0.3) is 5.91 Å². The van der Waals surface area contributed by atoms with E-state index in [0.717, 1.165) is 5.56 Å². The number of amides is 2. The molecule has 0 saturated carbocycles. The first kappa shape index (κ1) is 18.5. The molecule has 2 rings (SSSR count). The van der Waals surface area contributed by atoms with Gasteiger partial charge in [0, 0.05) is 22.1 Å². The highest BCUT2D eigenvalue weighted by Crippen LogP contribution is 2.22. The Labute approximate surface area is 151 Å². The predicted molar refractivity (Wildman–Crippen MR) is 101 cm³/mol. The van der Waals surface area contributed by atoms with E-state index in [1.807, 2.05) is 6.92 Å². The number of anilines is 2. The summed E-state index contributed by atoms with van der Waals surface area (Å²) < 4.78 is 0. The average molecular weight is 359 g/mol. The van der Waals surface area contributed by atoms with Gasteiger partial charge in [-0.05, 0) is 43.7 Å². The summed E-state index contributed by atoms with van der Waals surface area (Å²) in [6, 6.07) is 12.0. The number of benzene rings is 2. The van der Waals surface area contributed by atoms with E-state index in [9.17, 15) is 9.59 Å². The van der Waals surface area contributed by atoms with Gasteiger partial charge in [0.1, 0.15) is 0 Å². The molecule has 0 radical (unpaired) electrons. The third-order valence-electron chi connectivity index (χ3n) is 3.51. The fraction of sp³-hybridized carbons (Fsp3) is 0.167. The Kier molecular flexibility index (Phi) is 6.14. The van der Waals surface area contributed by atoms with E-state index in [2.05, 4.69) is 15.8 Å². The van der Waals surface area contributed by atoms with E-state index in [-0.39, 0.29) is 12.3 Å². The van der Waals surface area contributed by atoms with Gasteiger partial charge in [-0.25, -0.2) is 5.43 Å². The smallest absolute Gasteiger partial charge is 0.273 e. The standard InChI is InChI=1S/C18H19ClN4O2/c1-11(22-23-18(25)13-6-3-4-8-15(13)20)10-17(24)21-16-9-5-7-14(19)12(16)2/h3-9H,10,20H2,1-2H3,(H,21,24)(H,23,25)/b22-11+. The van der Waals surface area contributed by atoms with E-state index in [0.29, 0.717) is 27.7 Å². The monoisotopic (exact) mass is 358 g/mol. The molecular weight excluding hydrogens is 340 g/mol. The van der Waals surface area contributed by atoms with Crippen LogP contribution in [0.3, 0.4) is 0 Å². The van der Waals surface area contributed by atoms with E-state index in [4.69, 9.17) is 17.3 Å². The minimum absolute atomic E-state index is 0.0382. The molecule has 0 spiro atoms. The summed E-state index contributed by atoms with van der Waals surface area (Å²) in [4.78, 5) is 24.1. The van der Waals surface area contributed by atoms with Crippen LogP contribution in [0.4, 0.5) is 11.4 Å². The Morgan fingerprint density at radius 2 is 1.88 bits per heavy atom. The van der Waals surface area contributed by atoms with Crippen molar-refractivity contribution in [1.29, 1.82) is 0 Å². The maximum atomic E-state index is 12.1. The fourth-order valence-corrected chi connectivity index (χ4v) is 2.29.